The largest absolute Gasteiger partial charge is 0.294 e. The second kappa shape index (κ2) is 5.84. The van der Waals surface area contributed by atoms with Crippen LogP contribution in [-0.4, -0.2) is 37.9 Å². The van der Waals surface area contributed by atoms with E-state index < -0.39 is 10.0 Å². The minimum atomic E-state index is -3.14. The number of benzene rings is 1. The molecule has 1 atom stereocenters. The Hall–Kier alpha value is -1.20. The van der Waals surface area contributed by atoms with E-state index in [4.69, 9.17) is 0 Å². The van der Waals surface area contributed by atoms with Gasteiger partial charge in [-0.25, -0.2) is 12.7 Å². The highest BCUT2D eigenvalue weighted by molar-refractivity contribution is 7.88. The predicted molar refractivity (Wildman–Crippen MR) is 74.5 cm³/mol. The van der Waals surface area contributed by atoms with E-state index in [-0.39, 0.29) is 11.7 Å². The lowest BCUT2D eigenvalue weighted by Crippen LogP contribution is -2.39. The number of nitrogens with zero attached hydrogens (tertiary/aromatic N) is 1. The first-order valence-electron chi connectivity index (χ1n) is 6.50. The summed E-state index contributed by atoms with van der Waals surface area (Å²) < 4.78 is 24.5. The zero-order valence-corrected chi connectivity index (χ0v) is 11.9. The zero-order chi connectivity index (χ0) is 13.9. The maximum absolute atomic E-state index is 12.1. The summed E-state index contributed by atoms with van der Waals surface area (Å²) >= 11 is 0. The molecule has 1 aliphatic heterocycles. The van der Waals surface area contributed by atoms with Crippen LogP contribution in [0.4, 0.5) is 0 Å². The lowest BCUT2D eigenvalue weighted by atomic mass is 9.92. The monoisotopic (exact) mass is 281 g/mol. The summed E-state index contributed by atoms with van der Waals surface area (Å²) in [5.74, 6) is 0.233. The van der Waals surface area contributed by atoms with E-state index in [2.05, 4.69) is 0 Å². The minimum Gasteiger partial charge on any atom is -0.294 e. The van der Waals surface area contributed by atoms with Crippen LogP contribution in [0, 0.1) is 5.92 Å². The maximum atomic E-state index is 12.1. The Labute approximate surface area is 114 Å². The molecule has 4 nitrogen and oxygen atoms in total. The van der Waals surface area contributed by atoms with E-state index in [0.29, 0.717) is 25.1 Å². The molecule has 1 fully saturated rings. The average Bonchev–Trinajstić information content (AvgIpc) is 2.39. The van der Waals surface area contributed by atoms with Gasteiger partial charge in [0, 0.05) is 25.1 Å². The molecule has 1 aromatic carbocycles. The predicted octanol–water partition coefficient (Wildman–Crippen LogP) is 1.93. The number of sulfonamides is 1. The normalized spacial score (nSPS) is 21.2. The molecule has 1 saturated heterocycles. The molecule has 0 aromatic heterocycles. The molecular formula is C14H19NO3S. The van der Waals surface area contributed by atoms with Gasteiger partial charge in [-0.3, -0.25) is 4.79 Å². The third-order valence-corrected chi connectivity index (χ3v) is 4.79. The lowest BCUT2D eigenvalue weighted by molar-refractivity contribution is 0.0942. The molecular weight excluding hydrogens is 262 g/mol. The smallest absolute Gasteiger partial charge is 0.211 e. The van der Waals surface area contributed by atoms with Gasteiger partial charge in [-0.1, -0.05) is 30.3 Å². The Bertz CT molecular complexity index is 539. The number of Topliss-reactive ketones (excluding diaryl/α,β-unsaturated/α-hetero) is 1. The highest BCUT2D eigenvalue weighted by Crippen LogP contribution is 2.23. The van der Waals surface area contributed by atoms with Crippen LogP contribution in [0.15, 0.2) is 30.3 Å². The maximum Gasteiger partial charge on any atom is 0.211 e. The molecule has 1 unspecified atom stereocenters. The molecule has 2 rings (SSSR count). The second-order valence-electron chi connectivity index (χ2n) is 5.12. The first kappa shape index (κ1) is 14.2. The number of ketones is 1. The molecule has 19 heavy (non-hydrogen) atoms. The van der Waals surface area contributed by atoms with Crippen molar-refractivity contribution in [2.24, 2.45) is 5.92 Å². The van der Waals surface area contributed by atoms with Gasteiger partial charge in [0.15, 0.2) is 5.78 Å². The van der Waals surface area contributed by atoms with E-state index in [1.807, 2.05) is 18.2 Å². The highest BCUT2D eigenvalue weighted by Gasteiger charge is 2.27. The van der Waals surface area contributed by atoms with Gasteiger partial charge in [0.25, 0.3) is 0 Å². The van der Waals surface area contributed by atoms with Gasteiger partial charge in [-0.2, -0.15) is 0 Å². The van der Waals surface area contributed by atoms with Gasteiger partial charge >= 0.3 is 0 Å². The van der Waals surface area contributed by atoms with Crippen molar-refractivity contribution in [1.82, 2.24) is 4.31 Å². The number of carbonyl (C=O) groups is 1. The number of hydrogen-bond acceptors (Lipinski definition) is 3. The highest BCUT2D eigenvalue weighted by atomic mass is 32.2. The fraction of sp³-hybridized carbons (Fsp3) is 0.500. The van der Waals surface area contributed by atoms with Gasteiger partial charge in [-0.05, 0) is 18.8 Å². The molecule has 0 spiro atoms. The number of rotatable bonds is 4. The summed E-state index contributed by atoms with van der Waals surface area (Å²) in [5.41, 5.74) is 0.707. The topological polar surface area (TPSA) is 54.5 Å². The van der Waals surface area contributed by atoms with Crippen LogP contribution in [-0.2, 0) is 10.0 Å². The van der Waals surface area contributed by atoms with Gasteiger partial charge in [0.2, 0.25) is 10.0 Å². The Balaban J connectivity index is 1.98. The molecule has 0 saturated carbocycles. The summed E-state index contributed by atoms with van der Waals surface area (Å²) in [6.45, 7) is 1.05. The first-order valence-corrected chi connectivity index (χ1v) is 8.35. The average molecular weight is 281 g/mol. The Kier molecular flexibility index (Phi) is 4.37. The fourth-order valence-corrected chi connectivity index (χ4v) is 3.44. The molecule has 1 aliphatic rings. The van der Waals surface area contributed by atoms with E-state index in [0.717, 1.165) is 12.8 Å². The van der Waals surface area contributed by atoms with Crippen LogP contribution in [0.2, 0.25) is 0 Å². The second-order valence-corrected chi connectivity index (χ2v) is 7.11. The van der Waals surface area contributed by atoms with E-state index >= 15 is 0 Å². The minimum absolute atomic E-state index is 0.0981. The third-order valence-electron chi connectivity index (χ3n) is 3.52. The summed E-state index contributed by atoms with van der Waals surface area (Å²) in [6, 6.07) is 9.18. The molecule has 0 bridgehead atoms. The van der Waals surface area contributed by atoms with Crippen molar-refractivity contribution in [3.8, 4) is 0 Å². The third kappa shape index (κ3) is 3.88. The van der Waals surface area contributed by atoms with Crippen molar-refractivity contribution < 1.29 is 13.2 Å². The molecule has 0 aliphatic carbocycles. The quantitative estimate of drug-likeness (QED) is 0.792. The lowest BCUT2D eigenvalue weighted by Gasteiger charge is -2.30. The summed E-state index contributed by atoms with van der Waals surface area (Å²) in [6.07, 6.45) is 3.41. The van der Waals surface area contributed by atoms with Crippen molar-refractivity contribution in [1.29, 1.82) is 0 Å². The van der Waals surface area contributed by atoms with Crippen LogP contribution in [0.1, 0.15) is 29.6 Å². The molecule has 0 radical (unpaired) electrons. The Morgan fingerprint density at radius 3 is 2.63 bits per heavy atom. The summed E-state index contributed by atoms with van der Waals surface area (Å²) in [4.78, 5) is 12.1. The molecule has 1 aromatic rings. The summed E-state index contributed by atoms with van der Waals surface area (Å²) in [5, 5.41) is 0. The van der Waals surface area contributed by atoms with Gasteiger partial charge in [0.1, 0.15) is 0 Å². The molecule has 104 valence electrons. The number of piperidine rings is 1. The van der Waals surface area contributed by atoms with Crippen LogP contribution >= 0.6 is 0 Å². The van der Waals surface area contributed by atoms with Crippen molar-refractivity contribution >= 4 is 15.8 Å². The van der Waals surface area contributed by atoms with Gasteiger partial charge < -0.3 is 0 Å². The van der Waals surface area contributed by atoms with Crippen LogP contribution in [0.5, 0.6) is 0 Å². The molecule has 0 N–H and O–H groups in total. The summed E-state index contributed by atoms with van der Waals surface area (Å²) in [7, 11) is -3.14. The van der Waals surface area contributed by atoms with Crippen LogP contribution in [0.25, 0.3) is 0 Å². The SMILES string of the molecule is CS(=O)(=O)N1CCCC(CC(=O)c2ccccc2)C1. The molecule has 1 heterocycles. The van der Waals surface area contributed by atoms with Crippen LogP contribution < -0.4 is 0 Å². The van der Waals surface area contributed by atoms with Crippen LogP contribution in [0.3, 0.4) is 0 Å². The van der Waals surface area contributed by atoms with E-state index in [1.165, 1.54) is 10.6 Å². The zero-order valence-electron chi connectivity index (χ0n) is 11.1. The van der Waals surface area contributed by atoms with Crippen molar-refractivity contribution in [3.63, 3.8) is 0 Å². The first-order chi connectivity index (χ1) is 8.97. The van der Waals surface area contributed by atoms with E-state index in [9.17, 15) is 13.2 Å². The molecule has 5 heteroatoms. The number of carbonyl (C=O) groups excluding carboxylic acids is 1. The van der Waals surface area contributed by atoms with E-state index in [1.54, 1.807) is 12.1 Å². The standard InChI is InChI=1S/C14H19NO3S/c1-19(17,18)15-9-5-6-12(11-15)10-14(16)13-7-3-2-4-8-13/h2-4,7-8,12H,5-6,9-11H2,1H3. The number of hydrogen-bond donors (Lipinski definition) is 0. The fourth-order valence-electron chi connectivity index (χ4n) is 2.50. The van der Waals surface area contributed by atoms with Gasteiger partial charge in [-0.15, -0.1) is 0 Å². The Morgan fingerprint density at radius 2 is 2.00 bits per heavy atom. The Morgan fingerprint density at radius 1 is 1.32 bits per heavy atom. The van der Waals surface area contributed by atoms with Gasteiger partial charge in [0.05, 0.1) is 6.26 Å². The molecule has 0 amide bonds. The van der Waals surface area contributed by atoms with Crippen molar-refractivity contribution in [2.75, 3.05) is 19.3 Å². The van der Waals surface area contributed by atoms with Crippen molar-refractivity contribution in [3.05, 3.63) is 35.9 Å². The van der Waals surface area contributed by atoms with Crippen molar-refractivity contribution in [2.45, 2.75) is 19.3 Å².